The molecule has 228 valence electrons. The Kier molecular flexibility index (Phi) is 5.32. The summed E-state index contributed by atoms with van der Waals surface area (Å²) in [6, 6.07) is 55.2. The van der Waals surface area contributed by atoms with Crippen molar-refractivity contribution in [2.75, 3.05) is 0 Å². The molecule has 4 heterocycles. The van der Waals surface area contributed by atoms with E-state index in [1.54, 1.807) is 0 Å². The third kappa shape index (κ3) is 3.70. The molecule has 11 aromatic rings. The quantitative estimate of drug-likeness (QED) is 0.196. The largest absolute Gasteiger partial charge is 0.456 e. The summed E-state index contributed by atoms with van der Waals surface area (Å²) in [7, 11) is 0. The first-order chi connectivity index (χ1) is 24.3. The number of rotatable bonds is 3. The van der Waals surface area contributed by atoms with Gasteiger partial charge in [0.1, 0.15) is 11.2 Å². The summed E-state index contributed by atoms with van der Waals surface area (Å²) in [5.41, 5.74) is 10.0. The van der Waals surface area contributed by atoms with Crippen LogP contribution in [0, 0.1) is 0 Å². The van der Waals surface area contributed by atoms with Crippen LogP contribution in [0.15, 0.2) is 162 Å². The van der Waals surface area contributed by atoms with E-state index < -0.39 is 0 Å². The molecular weight excluding hydrogens is 601 g/mol. The topological polar surface area (TPSA) is 48.8 Å². The summed E-state index contributed by atoms with van der Waals surface area (Å²) in [6.07, 6.45) is 0. The lowest BCUT2D eigenvalue weighted by atomic mass is 10.1. The molecule has 0 unspecified atom stereocenters. The normalized spacial score (nSPS) is 12.1. The number of aromatic nitrogens is 4. The van der Waals surface area contributed by atoms with Crippen molar-refractivity contribution in [2.24, 2.45) is 0 Å². The van der Waals surface area contributed by atoms with E-state index in [2.05, 4.69) is 143 Å². The van der Waals surface area contributed by atoms with Gasteiger partial charge in [0.25, 0.3) is 0 Å². The molecule has 0 aliphatic heterocycles. The number of para-hydroxylation sites is 4. The molecule has 0 saturated carbocycles. The van der Waals surface area contributed by atoms with Crippen molar-refractivity contribution < 1.29 is 4.42 Å². The zero-order valence-electron chi connectivity index (χ0n) is 26.2. The monoisotopic (exact) mass is 626 g/mol. The maximum atomic E-state index is 6.45. The van der Waals surface area contributed by atoms with Crippen molar-refractivity contribution in [2.45, 2.75) is 0 Å². The predicted molar refractivity (Wildman–Crippen MR) is 201 cm³/mol. The van der Waals surface area contributed by atoms with Crippen LogP contribution in [0.25, 0.3) is 99.3 Å². The van der Waals surface area contributed by atoms with Gasteiger partial charge in [-0.2, -0.15) is 0 Å². The molecule has 0 atom stereocenters. The molecule has 0 bridgehead atoms. The van der Waals surface area contributed by atoms with Gasteiger partial charge in [0.15, 0.2) is 0 Å². The fraction of sp³-hybridized carbons (Fsp3) is 0. The van der Waals surface area contributed by atoms with Crippen LogP contribution in [0.1, 0.15) is 0 Å². The van der Waals surface area contributed by atoms with E-state index >= 15 is 0 Å². The van der Waals surface area contributed by atoms with Gasteiger partial charge >= 0.3 is 0 Å². The van der Waals surface area contributed by atoms with Crippen LogP contribution in [0.2, 0.25) is 0 Å². The molecule has 0 N–H and O–H groups in total. The number of fused-ring (bicyclic) bond motifs is 11. The smallest absolute Gasteiger partial charge is 0.235 e. The second-order valence-electron chi connectivity index (χ2n) is 12.6. The molecule has 0 fully saturated rings. The Balaban J connectivity index is 1.37. The minimum atomic E-state index is 0.622. The van der Waals surface area contributed by atoms with E-state index in [1.807, 2.05) is 24.3 Å². The Bertz CT molecular complexity index is 3100. The molecule has 0 saturated heterocycles. The van der Waals surface area contributed by atoms with E-state index in [0.29, 0.717) is 5.95 Å². The molecule has 11 rings (SSSR count). The van der Waals surface area contributed by atoms with Crippen molar-refractivity contribution in [3.05, 3.63) is 158 Å². The zero-order chi connectivity index (χ0) is 32.1. The van der Waals surface area contributed by atoms with Crippen LogP contribution < -0.4 is 0 Å². The van der Waals surface area contributed by atoms with Gasteiger partial charge in [-0.25, -0.2) is 9.97 Å². The van der Waals surface area contributed by atoms with Crippen molar-refractivity contribution >= 4 is 76.5 Å². The summed E-state index contributed by atoms with van der Waals surface area (Å²) >= 11 is 0. The molecule has 5 heteroatoms. The second-order valence-corrected chi connectivity index (χ2v) is 12.6. The predicted octanol–water partition coefficient (Wildman–Crippen LogP) is 11.4. The fourth-order valence-corrected chi connectivity index (χ4v) is 7.82. The van der Waals surface area contributed by atoms with E-state index in [4.69, 9.17) is 14.4 Å². The van der Waals surface area contributed by atoms with E-state index in [0.717, 1.165) is 77.1 Å². The van der Waals surface area contributed by atoms with Crippen LogP contribution in [0.3, 0.4) is 0 Å². The first-order valence-corrected chi connectivity index (χ1v) is 16.5. The number of nitrogens with zero attached hydrogens (tertiary/aromatic N) is 4. The molecule has 0 spiro atoms. The highest BCUT2D eigenvalue weighted by Gasteiger charge is 2.24. The highest BCUT2D eigenvalue weighted by atomic mass is 16.3. The fourth-order valence-electron chi connectivity index (χ4n) is 7.82. The van der Waals surface area contributed by atoms with Crippen molar-refractivity contribution in [1.29, 1.82) is 0 Å². The third-order valence-corrected chi connectivity index (χ3v) is 9.91. The molecule has 5 nitrogen and oxygen atoms in total. The summed E-state index contributed by atoms with van der Waals surface area (Å²) in [6.45, 7) is 0. The lowest BCUT2D eigenvalue weighted by Gasteiger charge is -2.12. The van der Waals surface area contributed by atoms with Crippen LogP contribution >= 0.6 is 0 Å². The Hall–Kier alpha value is -6.72. The first kappa shape index (κ1) is 26.4. The maximum Gasteiger partial charge on any atom is 0.235 e. The lowest BCUT2D eigenvalue weighted by Crippen LogP contribution is -2.04. The molecule has 0 aliphatic rings. The van der Waals surface area contributed by atoms with Crippen molar-refractivity contribution in [3.8, 4) is 22.9 Å². The number of hydrogen-bond donors (Lipinski definition) is 0. The average molecular weight is 627 g/mol. The molecule has 0 aliphatic carbocycles. The highest BCUT2D eigenvalue weighted by molar-refractivity contribution is 6.26. The SMILES string of the molecule is c1ccc(-c2nc(-n3c4cc5c(cc4c4ccc6oc7ccccc7c6c43)c3ccccc3n5-c3ccccc3)nc3ccccc23)cc1. The molecule has 49 heavy (non-hydrogen) atoms. The van der Waals surface area contributed by atoms with Crippen molar-refractivity contribution in [3.63, 3.8) is 0 Å². The van der Waals surface area contributed by atoms with Crippen LogP contribution in [0.5, 0.6) is 0 Å². The number of furan rings is 1. The van der Waals surface area contributed by atoms with Gasteiger partial charge in [-0.3, -0.25) is 4.57 Å². The summed E-state index contributed by atoms with van der Waals surface area (Å²) in [4.78, 5) is 10.7. The Morgan fingerprint density at radius 3 is 1.96 bits per heavy atom. The van der Waals surface area contributed by atoms with Crippen LogP contribution in [0.4, 0.5) is 0 Å². The summed E-state index contributed by atoms with van der Waals surface area (Å²) in [5.74, 6) is 0.622. The van der Waals surface area contributed by atoms with Crippen LogP contribution in [-0.2, 0) is 0 Å². The van der Waals surface area contributed by atoms with Crippen LogP contribution in [-0.4, -0.2) is 19.1 Å². The summed E-state index contributed by atoms with van der Waals surface area (Å²) in [5, 5.41) is 7.83. The zero-order valence-corrected chi connectivity index (χ0v) is 26.2. The molecule has 7 aromatic carbocycles. The number of benzene rings is 7. The Morgan fingerprint density at radius 2 is 1.10 bits per heavy atom. The number of hydrogen-bond acceptors (Lipinski definition) is 3. The standard InChI is InChI=1S/C44H26N4O/c1-3-13-27(14-4-1)42-31-18-7-10-20-35(31)45-44(46-42)48-38-26-37-33(29-17-8-11-21-36(29)47(37)28-15-5-2-6-16-28)25-34(38)30-23-24-40-41(43(30)48)32-19-9-12-22-39(32)49-40/h1-26H. The van der Waals surface area contributed by atoms with Gasteiger partial charge in [-0.1, -0.05) is 103 Å². The van der Waals surface area contributed by atoms with Gasteiger partial charge in [0.2, 0.25) is 5.95 Å². The first-order valence-electron chi connectivity index (χ1n) is 16.5. The highest BCUT2D eigenvalue weighted by Crippen LogP contribution is 2.44. The molecule has 0 amide bonds. The van der Waals surface area contributed by atoms with Gasteiger partial charge in [-0.15, -0.1) is 0 Å². The third-order valence-electron chi connectivity index (χ3n) is 9.91. The van der Waals surface area contributed by atoms with E-state index in [-0.39, 0.29) is 0 Å². The lowest BCUT2D eigenvalue weighted by molar-refractivity contribution is 0.669. The van der Waals surface area contributed by atoms with Gasteiger partial charge in [0.05, 0.1) is 38.7 Å². The Labute approximate surface area is 279 Å². The van der Waals surface area contributed by atoms with Crippen molar-refractivity contribution in [1.82, 2.24) is 19.1 Å². The minimum Gasteiger partial charge on any atom is -0.456 e. The maximum absolute atomic E-state index is 6.45. The average Bonchev–Trinajstić information content (AvgIpc) is 3.81. The second kappa shape index (κ2) is 9.89. The molecule has 0 radical (unpaired) electrons. The molecule has 4 aromatic heterocycles. The molecular formula is C44H26N4O. The van der Waals surface area contributed by atoms with Gasteiger partial charge in [-0.05, 0) is 54.6 Å². The minimum absolute atomic E-state index is 0.622. The van der Waals surface area contributed by atoms with E-state index in [1.165, 1.54) is 16.3 Å². The Morgan fingerprint density at radius 1 is 0.429 bits per heavy atom. The van der Waals surface area contributed by atoms with Gasteiger partial charge in [0, 0.05) is 43.6 Å². The van der Waals surface area contributed by atoms with Gasteiger partial charge < -0.3 is 8.98 Å². The van der Waals surface area contributed by atoms with E-state index in [9.17, 15) is 0 Å². The summed E-state index contributed by atoms with van der Waals surface area (Å²) < 4.78 is 11.1.